The van der Waals surface area contributed by atoms with Gasteiger partial charge >= 0.3 is 0 Å². The van der Waals surface area contributed by atoms with Crippen LogP contribution in [0.1, 0.15) is 11.1 Å². The summed E-state index contributed by atoms with van der Waals surface area (Å²) < 4.78 is 27.5. The van der Waals surface area contributed by atoms with Gasteiger partial charge in [0.15, 0.2) is 11.6 Å². The Kier molecular flexibility index (Phi) is 2.63. The van der Waals surface area contributed by atoms with E-state index in [0.717, 1.165) is 22.5 Å². The molecule has 1 amide bonds. The van der Waals surface area contributed by atoms with Crippen LogP contribution in [0.25, 0.3) is 22.6 Å². The molecule has 0 saturated heterocycles. The number of hydrogen-bond donors (Lipinski definition) is 2. The monoisotopic (exact) mass is 296 g/mol. The van der Waals surface area contributed by atoms with Crippen LogP contribution in [0.2, 0.25) is 0 Å². The summed E-state index contributed by atoms with van der Waals surface area (Å²) in [7, 11) is 0. The predicted octanol–water partition coefficient (Wildman–Crippen LogP) is 3.94. The van der Waals surface area contributed by atoms with Gasteiger partial charge in [-0.3, -0.25) is 4.79 Å². The number of benzene rings is 2. The van der Waals surface area contributed by atoms with Crippen molar-refractivity contribution in [3.8, 4) is 0 Å². The molecule has 22 heavy (non-hydrogen) atoms. The van der Waals surface area contributed by atoms with E-state index in [4.69, 9.17) is 0 Å². The maximum absolute atomic E-state index is 14.1. The molecular weight excluding hydrogens is 286 g/mol. The molecule has 0 spiro atoms. The molecule has 0 atom stereocenters. The number of para-hydroxylation sites is 1. The standard InChI is InChI=1S/C17H10F2N2O/c18-12-5-6-14-15(16(12)19)11(17(22)21-14)7-9-8-20-13-4-2-1-3-10(9)13/h1-8,20H,(H,21,22)/b11-7-. The van der Waals surface area contributed by atoms with Gasteiger partial charge in [0, 0.05) is 28.2 Å². The average molecular weight is 296 g/mol. The number of nitrogens with one attached hydrogen (secondary N) is 2. The highest BCUT2D eigenvalue weighted by Crippen LogP contribution is 2.36. The van der Waals surface area contributed by atoms with Crippen molar-refractivity contribution in [1.82, 2.24) is 4.98 Å². The van der Waals surface area contributed by atoms with Gasteiger partial charge in [0.05, 0.1) is 11.3 Å². The van der Waals surface area contributed by atoms with E-state index in [2.05, 4.69) is 10.3 Å². The summed E-state index contributed by atoms with van der Waals surface area (Å²) >= 11 is 0. The lowest BCUT2D eigenvalue weighted by molar-refractivity contribution is -0.110. The summed E-state index contributed by atoms with van der Waals surface area (Å²) in [6.45, 7) is 0. The summed E-state index contributed by atoms with van der Waals surface area (Å²) in [5.74, 6) is -2.42. The average Bonchev–Trinajstić information content (AvgIpc) is 3.06. The maximum atomic E-state index is 14.1. The number of H-pyrrole nitrogens is 1. The van der Waals surface area contributed by atoms with Gasteiger partial charge in [0.1, 0.15) is 0 Å². The second kappa shape index (κ2) is 4.53. The first-order chi connectivity index (χ1) is 10.6. The molecule has 0 bridgehead atoms. The van der Waals surface area contributed by atoms with Crippen molar-refractivity contribution < 1.29 is 13.6 Å². The first-order valence-corrected chi connectivity index (χ1v) is 6.72. The molecule has 0 fully saturated rings. The van der Waals surface area contributed by atoms with Gasteiger partial charge in [-0.2, -0.15) is 0 Å². The number of halogens is 2. The lowest BCUT2D eigenvalue weighted by atomic mass is 10.0. The zero-order valence-electron chi connectivity index (χ0n) is 11.3. The SMILES string of the molecule is O=C1Nc2ccc(F)c(F)c2/C1=C/c1c[nH]c2ccccc12. The van der Waals surface area contributed by atoms with Crippen molar-refractivity contribution in [2.75, 3.05) is 5.32 Å². The summed E-state index contributed by atoms with van der Waals surface area (Å²) in [6.07, 6.45) is 3.31. The second-order valence-corrected chi connectivity index (χ2v) is 5.09. The van der Waals surface area contributed by atoms with E-state index < -0.39 is 17.5 Å². The smallest absolute Gasteiger partial charge is 0.256 e. The number of amides is 1. The van der Waals surface area contributed by atoms with E-state index in [1.165, 1.54) is 6.07 Å². The minimum absolute atomic E-state index is 0.0183. The molecule has 2 heterocycles. The lowest BCUT2D eigenvalue weighted by Gasteiger charge is -2.01. The van der Waals surface area contributed by atoms with Crippen LogP contribution in [0.15, 0.2) is 42.6 Å². The molecule has 3 nitrogen and oxygen atoms in total. The zero-order valence-corrected chi connectivity index (χ0v) is 11.3. The molecular formula is C17H10F2N2O. The first kappa shape index (κ1) is 12.8. The van der Waals surface area contributed by atoms with E-state index in [1.54, 1.807) is 12.3 Å². The highest BCUT2D eigenvalue weighted by Gasteiger charge is 2.29. The fourth-order valence-electron chi connectivity index (χ4n) is 2.73. The minimum Gasteiger partial charge on any atom is -0.361 e. The molecule has 4 rings (SSSR count). The Hall–Kier alpha value is -2.95. The number of carbonyl (C=O) groups excluding carboxylic acids is 1. The number of anilines is 1. The van der Waals surface area contributed by atoms with Gasteiger partial charge in [-0.05, 0) is 24.3 Å². The van der Waals surface area contributed by atoms with Crippen LogP contribution in [0, 0.1) is 11.6 Å². The molecule has 0 saturated carbocycles. The molecule has 2 aromatic carbocycles. The quantitative estimate of drug-likeness (QED) is 0.656. The van der Waals surface area contributed by atoms with Gasteiger partial charge in [-0.25, -0.2) is 8.78 Å². The van der Waals surface area contributed by atoms with Gasteiger partial charge in [-0.1, -0.05) is 18.2 Å². The van der Waals surface area contributed by atoms with Crippen LogP contribution in [0.3, 0.4) is 0 Å². The molecule has 1 aliphatic rings. The Morgan fingerprint density at radius 3 is 2.73 bits per heavy atom. The van der Waals surface area contributed by atoms with Crippen molar-refractivity contribution in [3.63, 3.8) is 0 Å². The van der Waals surface area contributed by atoms with Gasteiger partial charge in [-0.15, -0.1) is 0 Å². The van der Waals surface area contributed by atoms with Crippen LogP contribution < -0.4 is 5.32 Å². The summed E-state index contributed by atoms with van der Waals surface area (Å²) in [4.78, 5) is 15.2. The predicted molar refractivity (Wildman–Crippen MR) is 81.2 cm³/mol. The Morgan fingerprint density at radius 1 is 1.05 bits per heavy atom. The fraction of sp³-hybridized carbons (Fsp3) is 0. The first-order valence-electron chi connectivity index (χ1n) is 6.72. The molecule has 3 aromatic rings. The van der Waals surface area contributed by atoms with Crippen LogP contribution in [0.5, 0.6) is 0 Å². The zero-order chi connectivity index (χ0) is 15.3. The Labute approximate surface area is 124 Å². The number of rotatable bonds is 1. The van der Waals surface area contributed by atoms with Gasteiger partial charge in [0.2, 0.25) is 0 Å². The van der Waals surface area contributed by atoms with Crippen molar-refractivity contribution >= 4 is 34.1 Å². The van der Waals surface area contributed by atoms with Crippen molar-refractivity contribution in [3.05, 3.63) is 65.4 Å². The highest BCUT2D eigenvalue weighted by molar-refractivity contribution is 6.35. The number of carbonyl (C=O) groups is 1. The van der Waals surface area contributed by atoms with E-state index in [-0.39, 0.29) is 16.8 Å². The topological polar surface area (TPSA) is 44.9 Å². The van der Waals surface area contributed by atoms with Crippen molar-refractivity contribution in [2.45, 2.75) is 0 Å². The Morgan fingerprint density at radius 2 is 1.86 bits per heavy atom. The Bertz CT molecular complexity index is 956. The summed E-state index contributed by atoms with van der Waals surface area (Å²) in [6, 6.07) is 9.93. The van der Waals surface area contributed by atoms with E-state index in [1.807, 2.05) is 24.3 Å². The highest BCUT2D eigenvalue weighted by atomic mass is 19.2. The molecule has 2 N–H and O–H groups in total. The summed E-state index contributed by atoms with van der Waals surface area (Å²) in [5.41, 5.74) is 2.05. The molecule has 1 aliphatic heterocycles. The van der Waals surface area contributed by atoms with Crippen LogP contribution in [-0.4, -0.2) is 10.9 Å². The maximum Gasteiger partial charge on any atom is 0.256 e. The number of hydrogen-bond acceptors (Lipinski definition) is 1. The van der Waals surface area contributed by atoms with E-state index in [9.17, 15) is 13.6 Å². The van der Waals surface area contributed by atoms with Crippen LogP contribution in [0.4, 0.5) is 14.5 Å². The minimum atomic E-state index is -1.01. The normalized spacial score (nSPS) is 15.4. The van der Waals surface area contributed by atoms with Crippen molar-refractivity contribution in [2.24, 2.45) is 0 Å². The second-order valence-electron chi connectivity index (χ2n) is 5.09. The van der Waals surface area contributed by atoms with Gasteiger partial charge in [0.25, 0.3) is 5.91 Å². The third kappa shape index (κ3) is 1.75. The van der Waals surface area contributed by atoms with Crippen LogP contribution in [-0.2, 0) is 4.79 Å². The Balaban J connectivity index is 1.94. The van der Waals surface area contributed by atoms with E-state index >= 15 is 0 Å². The number of aromatic nitrogens is 1. The molecule has 0 aliphatic carbocycles. The largest absolute Gasteiger partial charge is 0.361 e. The molecule has 0 radical (unpaired) electrons. The van der Waals surface area contributed by atoms with E-state index in [0.29, 0.717) is 0 Å². The molecule has 108 valence electrons. The number of aromatic amines is 1. The van der Waals surface area contributed by atoms with Crippen LogP contribution >= 0.6 is 0 Å². The number of fused-ring (bicyclic) bond motifs is 2. The molecule has 0 unspecified atom stereocenters. The molecule has 1 aromatic heterocycles. The summed E-state index contributed by atoms with van der Waals surface area (Å²) in [5, 5.41) is 3.46. The van der Waals surface area contributed by atoms with Crippen molar-refractivity contribution in [1.29, 1.82) is 0 Å². The third-order valence-electron chi connectivity index (χ3n) is 3.78. The fourth-order valence-corrected chi connectivity index (χ4v) is 2.73. The lowest BCUT2D eigenvalue weighted by Crippen LogP contribution is -2.03. The third-order valence-corrected chi connectivity index (χ3v) is 3.78. The molecule has 5 heteroatoms. The van der Waals surface area contributed by atoms with Gasteiger partial charge < -0.3 is 10.3 Å².